The molecule has 0 spiro atoms. The van der Waals surface area contributed by atoms with Crippen molar-refractivity contribution >= 4 is 33.3 Å². The van der Waals surface area contributed by atoms with Gasteiger partial charge in [-0.15, -0.1) is 0 Å². The lowest BCUT2D eigenvalue weighted by Gasteiger charge is -2.10. The van der Waals surface area contributed by atoms with Gasteiger partial charge < -0.3 is 10.1 Å². The van der Waals surface area contributed by atoms with Gasteiger partial charge in [0.25, 0.3) is 15.9 Å². The van der Waals surface area contributed by atoms with Crippen molar-refractivity contribution in [1.29, 1.82) is 0 Å². The Balaban J connectivity index is 1.64. The number of carbonyl (C=O) groups excluding carboxylic acids is 2. The third-order valence-corrected chi connectivity index (χ3v) is 5.40. The maximum atomic E-state index is 13.6. The van der Waals surface area contributed by atoms with Crippen molar-refractivity contribution in [3.63, 3.8) is 0 Å². The SMILES string of the molecule is O=C(COC(=O)c1cccc(S(=O)(=O)Nc2ccc(F)cc2)c1)Nc1ccc(F)cc1F. The van der Waals surface area contributed by atoms with Crippen molar-refractivity contribution in [3.05, 3.63) is 89.7 Å². The lowest BCUT2D eigenvalue weighted by molar-refractivity contribution is -0.119. The normalized spacial score (nSPS) is 11.0. The number of benzene rings is 3. The number of ether oxygens (including phenoxy) is 1. The molecule has 32 heavy (non-hydrogen) atoms. The van der Waals surface area contributed by atoms with Gasteiger partial charge in [0.2, 0.25) is 0 Å². The van der Waals surface area contributed by atoms with Crippen LogP contribution in [0.1, 0.15) is 10.4 Å². The van der Waals surface area contributed by atoms with Gasteiger partial charge in [0.05, 0.1) is 16.1 Å². The number of anilines is 2. The van der Waals surface area contributed by atoms with E-state index in [9.17, 15) is 31.2 Å². The van der Waals surface area contributed by atoms with Crippen molar-refractivity contribution in [3.8, 4) is 0 Å². The molecule has 3 aromatic rings. The monoisotopic (exact) mass is 464 g/mol. The number of nitrogens with one attached hydrogen (secondary N) is 2. The quantitative estimate of drug-likeness (QED) is 0.520. The van der Waals surface area contributed by atoms with Gasteiger partial charge in [-0.3, -0.25) is 9.52 Å². The summed E-state index contributed by atoms with van der Waals surface area (Å²) >= 11 is 0. The van der Waals surface area contributed by atoms with Crippen LogP contribution in [0, 0.1) is 17.5 Å². The number of halogens is 3. The molecule has 11 heteroatoms. The van der Waals surface area contributed by atoms with E-state index in [1.54, 1.807) is 0 Å². The van der Waals surface area contributed by atoms with Crippen LogP contribution < -0.4 is 10.0 Å². The highest BCUT2D eigenvalue weighted by molar-refractivity contribution is 7.92. The summed E-state index contributed by atoms with van der Waals surface area (Å²) in [5.74, 6) is -4.25. The Morgan fingerprint density at radius 3 is 2.25 bits per heavy atom. The molecule has 0 fully saturated rings. The van der Waals surface area contributed by atoms with Gasteiger partial charge in [0.1, 0.15) is 17.5 Å². The Morgan fingerprint density at radius 1 is 0.875 bits per heavy atom. The Morgan fingerprint density at radius 2 is 1.56 bits per heavy atom. The lowest BCUT2D eigenvalue weighted by Crippen LogP contribution is -2.21. The second kappa shape index (κ2) is 9.52. The van der Waals surface area contributed by atoms with Crippen molar-refractivity contribution in [1.82, 2.24) is 0 Å². The second-order valence-corrected chi connectivity index (χ2v) is 8.07. The first-order chi connectivity index (χ1) is 15.1. The molecule has 7 nitrogen and oxygen atoms in total. The molecule has 0 bridgehead atoms. The van der Waals surface area contributed by atoms with Crippen molar-refractivity contribution in [2.24, 2.45) is 0 Å². The number of carbonyl (C=O) groups is 2. The van der Waals surface area contributed by atoms with Crippen molar-refractivity contribution in [2.45, 2.75) is 4.90 Å². The maximum absolute atomic E-state index is 13.6. The molecule has 0 radical (unpaired) electrons. The molecule has 0 atom stereocenters. The van der Waals surface area contributed by atoms with Crippen LogP contribution in [-0.4, -0.2) is 26.9 Å². The van der Waals surface area contributed by atoms with E-state index in [2.05, 4.69) is 10.0 Å². The summed E-state index contributed by atoms with van der Waals surface area (Å²) in [6.45, 7) is -0.791. The number of hydrogen-bond acceptors (Lipinski definition) is 5. The molecule has 0 aliphatic heterocycles. The molecular formula is C21H15F3N2O5S. The molecule has 0 aliphatic carbocycles. The molecule has 3 aromatic carbocycles. The van der Waals surface area contributed by atoms with Crippen LogP contribution in [0.5, 0.6) is 0 Å². The third kappa shape index (κ3) is 5.85. The molecule has 0 aliphatic rings. The summed E-state index contributed by atoms with van der Waals surface area (Å²) in [6.07, 6.45) is 0. The fourth-order valence-electron chi connectivity index (χ4n) is 2.51. The van der Waals surface area contributed by atoms with E-state index in [0.29, 0.717) is 6.07 Å². The summed E-state index contributed by atoms with van der Waals surface area (Å²) < 4.78 is 71.5. The Hall–Kier alpha value is -3.86. The zero-order chi connectivity index (χ0) is 23.3. The molecule has 2 N–H and O–H groups in total. The van der Waals surface area contributed by atoms with Crippen LogP contribution in [0.2, 0.25) is 0 Å². The van der Waals surface area contributed by atoms with E-state index < -0.39 is 46.0 Å². The lowest BCUT2D eigenvalue weighted by atomic mass is 10.2. The molecule has 1 amide bonds. The predicted octanol–water partition coefficient (Wildman–Crippen LogP) is 3.70. The number of rotatable bonds is 7. The topological polar surface area (TPSA) is 102 Å². The van der Waals surface area contributed by atoms with Gasteiger partial charge >= 0.3 is 5.97 Å². The summed E-state index contributed by atoms with van der Waals surface area (Å²) in [5, 5.41) is 2.12. The van der Waals surface area contributed by atoms with E-state index >= 15 is 0 Å². The summed E-state index contributed by atoms with van der Waals surface area (Å²) in [4.78, 5) is 23.8. The molecule has 0 heterocycles. The van der Waals surface area contributed by atoms with E-state index in [4.69, 9.17) is 4.74 Å². The molecule has 166 valence electrons. The second-order valence-electron chi connectivity index (χ2n) is 6.39. The van der Waals surface area contributed by atoms with E-state index in [-0.39, 0.29) is 21.8 Å². The number of amides is 1. The maximum Gasteiger partial charge on any atom is 0.338 e. The molecule has 0 saturated heterocycles. The van der Waals surface area contributed by atoms with Gasteiger partial charge in [-0.2, -0.15) is 0 Å². The summed E-state index contributed by atoms with van der Waals surface area (Å²) in [6, 6.07) is 12.0. The van der Waals surface area contributed by atoms with Crippen LogP contribution in [0.3, 0.4) is 0 Å². The minimum atomic E-state index is -4.09. The largest absolute Gasteiger partial charge is 0.452 e. The minimum Gasteiger partial charge on any atom is -0.452 e. The average molecular weight is 464 g/mol. The van der Waals surface area contributed by atoms with E-state index in [0.717, 1.165) is 30.3 Å². The smallest absolute Gasteiger partial charge is 0.338 e. The first-order valence-corrected chi connectivity index (χ1v) is 10.4. The molecule has 0 saturated carbocycles. The van der Waals surface area contributed by atoms with Crippen LogP contribution >= 0.6 is 0 Å². The number of hydrogen-bond donors (Lipinski definition) is 2. The predicted molar refractivity (Wildman–Crippen MR) is 109 cm³/mol. The van der Waals surface area contributed by atoms with Crippen LogP contribution in [0.15, 0.2) is 71.6 Å². The highest BCUT2D eigenvalue weighted by atomic mass is 32.2. The van der Waals surface area contributed by atoms with Gasteiger partial charge in [0.15, 0.2) is 6.61 Å². The zero-order valence-electron chi connectivity index (χ0n) is 16.1. The van der Waals surface area contributed by atoms with Gasteiger partial charge in [-0.05, 0) is 54.6 Å². The average Bonchev–Trinajstić information content (AvgIpc) is 2.75. The molecule has 0 aromatic heterocycles. The molecule has 0 unspecified atom stereocenters. The standard InChI is InChI=1S/C21H15F3N2O5S/c22-14-4-7-16(8-5-14)26-32(29,30)17-3-1-2-13(10-17)21(28)31-12-20(27)25-19-9-6-15(23)11-18(19)24/h1-11,26H,12H2,(H,25,27). The summed E-state index contributed by atoms with van der Waals surface area (Å²) in [5.41, 5.74) is -0.343. The van der Waals surface area contributed by atoms with E-state index in [1.165, 1.54) is 30.3 Å². The first-order valence-electron chi connectivity index (χ1n) is 8.94. The summed E-state index contributed by atoms with van der Waals surface area (Å²) in [7, 11) is -4.09. The number of sulfonamides is 1. The van der Waals surface area contributed by atoms with Crippen LogP contribution in [0.4, 0.5) is 24.5 Å². The Kier molecular flexibility index (Phi) is 6.79. The number of esters is 1. The highest BCUT2D eigenvalue weighted by Gasteiger charge is 2.18. The van der Waals surface area contributed by atoms with Gasteiger partial charge in [-0.25, -0.2) is 26.4 Å². The van der Waals surface area contributed by atoms with Crippen molar-refractivity contribution in [2.75, 3.05) is 16.6 Å². The van der Waals surface area contributed by atoms with Gasteiger partial charge in [-0.1, -0.05) is 6.07 Å². The fraction of sp³-hybridized carbons (Fsp3) is 0.0476. The third-order valence-electron chi connectivity index (χ3n) is 4.02. The van der Waals surface area contributed by atoms with Crippen molar-refractivity contribution < 1.29 is 35.9 Å². The molecule has 3 rings (SSSR count). The van der Waals surface area contributed by atoms with E-state index in [1.807, 2.05) is 0 Å². The van der Waals surface area contributed by atoms with Crippen LogP contribution in [-0.2, 0) is 19.6 Å². The Labute approximate surface area is 180 Å². The highest BCUT2D eigenvalue weighted by Crippen LogP contribution is 2.18. The Bertz CT molecular complexity index is 1260. The first kappa shape index (κ1) is 22.8. The minimum absolute atomic E-state index is 0.115. The molecular weight excluding hydrogens is 449 g/mol. The van der Waals surface area contributed by atoms with Gasteiger partial charge in [0, 0.05) is 11.8 Å². The zero-order valence-corrected chi connectivity index (χ0v) is 17.0. The fourth-order valence-corrected chi connectivity index (χ4v) is 3.62. The van der Waals surface area contributed by atoms with Crippen LogP contribution in [0.25, 0.3) is 0 Å².